The van der Waals surface area contributed by atoms with Crippen molar-refractivity contribution in [2.75, 3.05) is 19.5 Å². The summed E-state index contributed by atoms with van der Waals surface area (Å²) < 4.78 is 10.9. The van der Waals surface area contributed by atoms with Gasteiger partial charge < -0.3 is 19.7 Å². The van der Waals surface area contributed by atoms with Crippen molar-refractivity contribution in [3.8, 4) is 11.5 Å². The van der Waals surface area contributed by atoms with Crippen LogP contribution in [0.5, 0.6) is 11.5 Å². The molecule has 0 radical (unpaired) electrons. The van der Waals surface area contributed by atoms with Crippen molar-refractivity contribution in [2.24, 2.45) is 0 Å². The first-order valence-corrected chi connectivity index (χ1v) is 9.62. The van der Waals surface area contributed by atoms with E-state index in [1.54, 1.807) is 19.1 Å². The van der Waals surface area contributed by atoms with E-state index in [9.17, 15) is 4.79 Å². The highest BCUT2D eigenvalue weighted by Crippen LogP contribution is 2.39. The Balaban J connectivity index is 1.74. The summed E-state index contributed by atoms with van der Waals surface area (Å²) in [4.78, 5) is 15.0. The Morgan fingerprint density at radius 2 is 1.76 bits per heavy atom. The standard InChI is InChI=1S/C23H21ClN2O3/c1-28-16-11-12-21(29-2)20(13-16)25-22-17-8-4-5-9-18(17)23(27)26(22)14-15-7-3-6-10-19(15)24/h3-13,22,25H,14H2,1-2H3/t22-/m1/s1. The van der Waals surface area contributed by atoms with Crippen LogP contribution in [0, 0.1) is 0 Å². The first kappa shape index (κ1) is 19.2. The van der Waals surface area contributed by atoms with Gasteiger partial charge in [-0.3, -0.25) is 4.79 Å². The number of benzene rings is 3. The average Bonchev–Trinajstić information content (AvgIpc) is 3.01. The number of anilines is 1. The molecule has 0 bridgehead atoms. The van der Waals surface area contributed by atoms with Gasteiger partial charge in [-0.1, -0.05) is 48.0 Å². The molecule has 6 heteroatoms. The number of methoxy groups -OCH3 is 2. The Bertz CT molecular complexity index is 1050. The molecule has 3 aromatic carbocycles. The molecule has 1 N–H and O–H groups in total. The molecule has 3 aromatic rings. The fourth-order valence-electron chi connectivity index (χ4n) is 3.57. The van der Waals surface area contributed by atoms with Crippen LogP contribution in [0.4, 0.5) is 5.69 Å². The van der Waals surface area contributed by atoms with Crippen molar-refractivity contribution in [1.82, 2.24) is 4.90 Å². The van der Waals surface area contributed by atoms with E-state index in [1.165, 1.54) is 0 Å². The minimum absolute atomic E-state index is 0.0418. The van der Waals surface area contributed by atoms with Gasteiger partial charge in [0.25, 0.3) is 5.91 Å². The highest BCUT2D eigenvalue weighted by Gasteiger charge is 2.37. The maximum atomic E-state index is 13.2. The lowest BCUT2D eigenvalue weighted by Gasteiger charge is -2.28. The molecule has 4 rings (SSSR count). The molecule has 0 unspecified atom stereocenters. The monoisotopic (exact) mass is 408 g/mol. The van der Waals surface area contributed by atoms with Crippen molar-refractivity contribution < 1.29 is 14.3 Å². The fraction of sp³-hybridized carbons (Fsp3) is 0.174. The van der Waals surface area contributed by atoms with Gasteiger partial charge >= 0.3 is 0 Å². The fourth-order valence-corrected chi connectivity index (χ4v) is 3.77. The van der Waals surface area contributed by atoms with Crippen molar-refractivity contribution in [2.45, 2.75) is 12.7 Å². The summed E-state index contributed by atoms with van der Waals surface area (Å²) in [7, 11) is 3.23. The highest BCUT2D eigenvalue weighted by molar-refractivity contribution is 6.31. The molecular weight excluding hydrogens is 388 g/mol. The third-order valence-corrected chi connectivity index (χ3v) is 5.42. The third kappa shape index (κ3) is 3.61. The zero-order valence-corrected chi connectivity index (χ0v) is 16.9. The first-order chi connectivity index (χ1) is 14.1. The Kier molecular flexibility index (Phi) is 5.32. The molecule has 1 amide bonds. The van der Waals surface area contributed by atoms with E-state index in [0.29, 0.717) is 28.6 Å². The number of nitrogens with one attached hydrogen (secondary N) is 1. The second-order valence-corrected chi connectivity index (χ2v) is 7.13. The van der Waals surface area contributed by atoms with E-state index in [-0.39, 0.29) is 12.1 Å². The van der Waals surface area contributed by atoms with E-state index in [0.717, 1.165) is 16.8 Å². The number of amides is 1. The van der Waals surface area contributed by atoms with Crippen LogP contribution >= 0.6 is 11.6 Å². The van der Waals surface area contributed by atoms with Crippen LogP contribution in [0.15, 0.2) is 66.7 Å². The number of carbonyl (C=O) groups excluding carboxylic acids is 1. The third-order valence-electron chi connectivity index (χ3n) is 5.06. The number of fused-ring (bicyclic) bond motifs is 1. The van der Waals surface area contributed by atoms with Crippen LogP contribution in [-0.2, 0) is 6.54 Å². The number of hydrogen-bond donors (Lipinski definition) is 1. The van der Waals surface area contributed by atoms with Crippen LogP contribution in [-0.4, -0.2) is 25.0 Å². The molecule has 0 aromatic heterocycles. The van der Waals surface area contributed by atoms with Crippen molar-refractivity contribution in [3.05, 3.63) is 88.4 Å². The van der Waals surface area contributed by atoms with Gasteiger partial charge in [-0.25, -0.2) is 0 Å². The smallest absolute Gasteiger partial charge is 0.256 e. The lowest BCUT2D eigenvalue weighted by molar-refractivity contribution is 0.0728. The second kappa shape index (κ2) is 8.05. The van der Waals surface area contributed by atoms with E-state index >= 15 is 0 Å². The second-order valence-electron chi connectivity index (χ2n) is 6.72. The quantitative estimate of drug-likeness (QED) is 0.614. The van der Waals surface area contributed by atoms with Crippen LogP contribution in [0.1, 0.15) is 27.7 Å². The van der Waals surface area contributed by atoms with Crippen LogP contribution in [0.2, 0.25) is 5.02 Å². The number of halogens is 1. The highest BCUT2D eigenvalue weighted by atomic mass is 35.5. The zero-order valence-electron chi connectivity index (χ0n) is 16.2. The maximum absolute atomic E-state index is 13.2. The Hall–Kier alpha value is -3.18. The summed E-state index contributed by atoms with van der Waals surface area (Å²) in [6.45, 7) is 0.386. The van der Waals surface area contributed by atoms with Crippen LogP contribution < -0.4 is 14.8 Å². The molecule has 1 heterocycles. The van der Waals surface area contributed by atoms with Gasteiger partial charge in [0, 0.05) is 28.8 Å². The Morgan fingerprint density at radius 1 is 1.00 bits per heavy atom. The minimum atomic E-state index is -0.365. The van der Waals surface area contributed by atoms with Crippen LogP contribution in [0.3, 0.4) is 0 Å². The van der Waals surface area contributed by atoms with E-state index in [4.69, 9.17) is 21.1 Å². The van der Waals surface area contributed by atoms with Gasteiger partial charge in [0.1, 0.15) is 17.7 Å². The van der Waals surface area contributed by atoms with E-state index in [2.05, 4.69) is 5.32 Å². The van der Waals surface area contributed by atoms with Gasteiger partial charge in [0.15, 0.2) is 0 Å². The summed E-state index contributed by atoms with van der Waals surface area (Å²) in [5.41, 5.74) is 3.22. The zero-order chi connectivity index (χ0) is 20.4. The minimum Gasteiger partial charge on any atom is -0.497 e. The first-order valence-electron chi connectivity index (χ1n) is 9.24. The molecule has 0 aliphatic carbocycles. The van der Waals surface area contributed by atoms with Gasteiger partial charge in [0.2, 0.25) is 0 Å². The summed E-state index contributed by atoms with van der Waals surface area (Å²) >= 11 is 6.36. The molecule has 1 aliphatic heterocycles. The molecule has 148 valence electrons. The molecule has 29 heavy (non-hydrogen) atoms. The van der Waals surface area contributed by atoms with Gasteiger partial charge in [-0.2, -0.15) is 0 Å². The lowest BCUT2D eigenvalue weighted by atomic mass is 10.1. The molecule has 0 spiro atoms. The average molecular weight is 409 g/mol. The predicted molar refractivity (Wildman–Crippen MR) is 114 cm³/mol. The number of carbonyl (C=O) groups is 1. The maximum Gasteiger partial charge on any atom is 0.256 e. The largest absolute Gasteiger partial charge is 0.497 e. The normalized spacial score (nSPS) is 15.2. The number of rotatable bonds is 6. The molecule has 0 saturated heterocycles. The number of nitrogens with zero attached hydrogens (tertiary/aromatic N) is 1. The molecule has 1 atom stereocenters. The predicted octanol–water partition coefficient (Wildman–Crippen LogP) is 5.12. The Labute approximate surface area is 174 Å². The lowest BCUT2D eigenvalue weighted by Crippen LogP contribution is -2.32. The van der Waals surface area contributed by atoms with Gasteiger partial charge in [-0.15, -0.1) is 0 Å². The van der Waals surface area contributed by atoms with Crippen molar-refractivity contribution in [1.29, 1.82) is 0 Å². The molecular formula is C23H21ClN2O3. The summed E-state index contributed by atoms with van der Waals surface area (Å²) in [6, 6.07) is 20.7. The molecule has 0 saturated carbocycles. The molecule has 5 nitrogen and oxygen atoms in total. The molecule has 0 fully saturated rings. The summed E-state index contributed by atoms with van der Waals surface area (Å²) in [5, 5.41) is 4.10. The SMILES string of the molecule is COc1ccc(OC)c(N[C@H]2c3ccccc3C(=O)N2Cc2ccccc2Cl)c1. The van der Waals surface area contributed by atoms with Gasteiger partial charge in [0.05, 0.1) is 19.9 Å². The van der Waals surface area contributed by atoms with Crippen molar-refractivity contribution >= 4 is 23.2 Å². The summed E-state index contributed by atoms with van der Waals surface area (Å²) in [5.74, 6) is 1.32. The van der Waals surface area contributed by atoms with Crippen LogP contribution in [0.25, 0.3) is 0 Å². The molecule has 1 aliphatic rings. The van der Waals surface area contributed by atoms with E-state index < -0.39 is 0 Å². The van der Waals surface area contributed by atoms with E-state index in [1.807, 2.05) is 66.7 Å². The number of ether oxygens (including phenoxy) is 2. The number of hydrogen-bond acceptors (Lipinski definition) is 4. The topological polar surface area (TPSA) is 50.8 Å². The Morgan fingerprint density at radius 3 is 2.52 bits per heavy atom. The van der Waals surface area contributed by atoms with Gasteiger partial charge in [-0.05, 0) is 29.8 Å². The summed E-state index contributed by atoms with van der Waals surface area (Å²) in [6.07, 6.45) is -0.365. The van der Waals surface area contributed by atoms with Crippen molar-refractivity contribution in [3.63, 3.8) is 0 Å².